The number of hydrogen-bond donors (Lipinski definition) is 2. The molecule has 0 aliphatic heterocycles. The van der Waals surface area contributed by atoms with Gasteiger partial charge in [-0.15, -0.1) is 0 Å². The Morgan fingerprint density at radius 1 is 1.16 bits per heavy atom. The minimum atomic E-state index is 0.567. The summed E-state index contributed by atoms with van der Waals surface area (Å²) in [5.41, 5.74) is 10.9. The minimum Gasteiger partial charge on any atom is -0.397 e. The average Bonchev–Trinajstić information content (AvgIpc) is 2.88. The first-order valence-electron chi connectivity index (χ1n) is 6.04. The molecule has 0 amide bonds. The van der Waals surface area contributed by atoms with E-state index < -0.39 is 0 Å². The van der Waals surface area contributed by atoms with Gasteiger partial charge in [-0.05, 0) is 34.9 Å². The molecule has 96 valence electrons. The summed E-state index contributed by atoms with van der Waals surface area (Å²) in [5, 5.41) is 11.0. The van der Waals surface area contributed by atoms with Crippen molar-refractivity contribution < 1.29 is 4.63 Å². The summed E-state index contributed by atoms with van der Waals surface area (Å²) in [7, 11) is 0. The molecule has 0 atom stereocenters. The Kier molecular flexibility index (Phi) is 2.79. The van der Waals surface area contributed by atoms with E-state index in [4.69, 9.17) is 10.4 Å². The van der Waals surface area contributed by atoms with Crippen LogP contribution >= 0.6 is 0 Å². The largest absolute Gasteiger partial charge is 0.397 e. The Labute approximate surface area is 110 Å². The Morgan fingerprint density at radius 2 is 2.00 bits per heavy atom. The zero-order valence-corrected chi connectivity index (χ0v) is 10.6. The van der Waals surface area contributed by atoms with Gasteiger partial charge in [0.15, 0.2) is 11.0 Å². The molecule has 5 heteroatoms. The highest BCUT2D eigenvalue weighted by molar-refractivity contribution is 5.94. The summed E-state index contributed by atoms with van der Waals surface area (Å²) in [6.07, 6.45) is 0. The maximum Gasteiger partial charge on any atom is 0.160 e. The Bertz CT molecular complexity index is 720. The van der Waals surface area contributed by atoms with Crippen molar-refractivity contribution >= 4 is 22.4 Å². The summed E-state index contributed by atoms with van der Waals surface area (Å²) in [5.74, 6) is 0. The van der Waals surface area contributed by atoms with E-state index in [0.717, 1.165) is 5.69 Å². The number of hydrogen-bond acceptors (Lipinski definition) is 5. The van der Waals surface area contributed by atoms with Crippen molar-refractivity contribution in [3.8, 4) is 0 Å². The lowest BCUT2D eigenvalue weighted by Gasteiger charge is -2.07. The lowest BCUT2D eigenvalue weighted by molar-refractivity contribution is 0.316. The smallest absolute Gasteiger partial charge is 0.160 e. The Morgan fingerprint density at radius 3 is 2.84 bits per heavy atom. The van der Waals surface area contributed by atoms with Gasteiger partial charge in [0.05, 0.1) is 11.4 Å². The van der Waals surface area contributed by atoms with E-state index in [2.05, 4.69) is 40.8 Å². The summed E-state index contributed by atoms with van der Waals surface area (Å²) in [6, 6.07) is 12.0. The van der Waals surface area contributed by atoms with Crippen LogP contribution in [0.25, 0.3) is 11.0 Å². The summed E-state index contributed by atoms with van der Waals surface area (Å²) >= 11 is 0. The first-order chi connectivity index (χ1) is 9.24. The summed E-state index contributed by atoms with van der Waals surface area (Å²) in [6.45, 7) is 2.79. The number of nitrogen functional groups attached to an aromatic ring is 1. The molecule has 5 nitrogen and oxygen atoms in total. The maximum absolute atomic E-state index is 5.81. The summed E-state index contributed by atoms with van der Waals surface area (Å²) in [4.78, 5) is 0. The van der Waals surface area contributed by atoms with E-state index in [9.17, 15) is 0 Å². The maximum atomic E-state index is 5.81. The van der Waals surface area contributed by atoms with E-state index >= 15 is 0 Å². The molecule has 0 aliphatic carbocycles. The number of benzene rings is 2. The average molecular weight is 254 g/mol. The molecular weight excluding hydrogens is 240 g/mol. The van der Waals surface area contributed by atoms with Crippen LogP contribution in [0.15, 0.2) is 41.0 Å². The second-order valence-electron chi connectivity index (χ2n) is 4.51. The molecule has 0 aliphatic rings. The van der Waals surface area contributed by atoms with Gasteiger partial charge in [0, 0.05) is 6.54 Å². The van der Waals surface area contributed by atoms with Crippen LogP contribution in [0.4, 0.5) is 11.4 Å². The molecule has 1 heterocycles. The third-order valence-electron chi connectivity index (χ3n) is 3.01. The lowest BCUT2D eigenvalue weighted by atomic mass is 10.1. The highest BCUT2D eigenvalue weighted by Crippen LogP contribution is 2.25. The van der Waals surface area contributed by atoms with Gasteiger partial charge < -0.3 is 11.1 Å². The molecule has 19 heavy (non-hydrogen) atoms. The van der Waals surface area contributed by atoms with Gasteiger partial charge in [-0.1, -0.05) is 29.8 Å². The first kappa shape index (κ1) is 11.5. The number of nitrogens with zero attached hydrogens (tertiary/aromatic N) is 2. The molecule has 0 bridgehead atoms. The Balaban J connectivity index is 1.86. The van der Waals surface area contributed by atoms with Crippen LogP contribution in [-0.4, -0.2) is 10.3 Å². The molecule has 0 spiro atoms. The molecule has 3 N–H and O–H groups in total. The zero-order chi connectivity index (χ0) is 13.2. The predicted octanol–water partition coefficient (Wildman–Crippen LogP) is 2.73. The van der Waals surface area contributed by atoms with Crippen molar-refractivity contribution in [2.24, 2.45) is 0 Å². The third kappa shape index (κ3) is 2.22. The van der Waals surface area contributed by atoms with Gasteiger partial charge in [-0.2, -0.15) is 0 Å². The summed E-state index contributed by atoms with van der Waals surface area (Å²) < 4.78 is 4.74. The van der Waals surface area contributed by atoms with Crippen LogP contribution in [-0.2, 0) is 6.54 Å². The lowest BCUT2D eigenvalue weighted by Crippen LogP contribution is -2.01. The van der Waals surface area contributed by atoms with Crippen molar-refractivity contribution in [3.05, 3.63) is 47.5 Å². The second kappa shape index (κ2) is 4.61. The molecule has 3 aromatic rings. The topological polar surface area (TPSA) is 77.0 Å². The SMILES string of the molecule is Cc1cccc(CNc2ccc(N)c3nonc23)c1. The van der Waals surface area contributed by atoms with Crippen molar-refractivity contribution in [1.29, 1.82) is 0 Å². The third-order valence-corrected chi connectivity index (χ3v) is 3.01. The van der Waals surface area contributed by atoms with Gasteiger partial charge in [-0.3, -0.25) is 0 Å². The molecular formula is C14H14N4O. The molecule has 0 fully saturated rings. The number of nitrogens with one attached hydrogen (secondary N) is 1. The van der Waals surface area contributed by atoms with Gasteiger partial charge in [0.2, 0.25) is 0 Å². The Hall–Kier alpha value is -2.56. The van der Waals surface area contributed by atoms with Crippen LogP contribution in [0.3, 0.4) is 0 Å². The van der Waals surface area contributed by atoms with Gasteiger partial charge in [0.1, 0.15) is 0 Å². The number of aryl methyl sites for hydroxylation is 1. The monoisotopic (exact) mass is 254 g/mol. The minimum absolute atomic E-state index is 0.567. The van der Waals surface area contributed by atoms with Gasteiger partial charge in [-0.25, -0.2) is 4.63 Å². The van der Waals surface area contributed by atoms with Crippen LogP contribution in [0.2, 0.25) is 0 Å². The van der Waals surface area contributed by atoms with E-state index in [1.54, 1.807) is 6.07 Å². The van der Waals surface area contributed by atoms with Crippen molar-refractivity contribution in [3.63, 3.8) is 0 Å². The normalized spacial score (nSPS) is 10.8. The molecule has 0 radical (unpaired) electrons. The molecule has 2 aromatic carbocycles. The van der Waals surface area contributed by atoms with Crippen molar-refractivity contribution in [2.45, 2.75) is 13.5 Å². The van der Waals surface area contributed by atoms with Gasteiger partial charge >= 0.3 is 0 Å². The quantitative estimate of drug-likeness (QED) is 0.703. The molecule has 0 unspecified atom stereocenters. The number of aromatic nitrogens is 2. The molecule has 0 saturated heterocycles. The van der Waals surface area contributed by atoms with E-state index in [0.29, 0.717) is 23.3 Å². The number of fused-ring (bicyclic) bond motifs is 1. The van der Waals surface area contributed by atoms with Crippen LogP contribution < -0.4 is 11.1 Å². The number of anilines is 2. The van der Waals surface area contributed by atoms with E-state index in [1.165, 1.54) is 11.1 Å². The zero-order valence-electron chi connectivity index (χ0n) is 10.6. The predicted molar refractivity (Wildman–Crippen MR) is 74.7 cm³/mol. The first-order valence-corrected chi connectivity index (χ1v) is 6.04. The van der Waals surface area contributed by atoms with Crippen molar-refractivity contribution in [1.82, 2.24) is 10.3 Å². The van der Waals surface area contributed by atoms with Crippen LogP contribution in [0.5, 0.6) is 0 Å². The fraction of sp³-hybridized carbons (Fsp3) is 0.143. The number of rotatable bonds is 3. The fourth-order valence-corrected chi connectivity index (χ4v) is 2.05. The molecule has 0 saturated carbocycles. The highest BCUT2D eigenvalue weighted by atomic mass is 16.6. The van der Waals surface area contributed by atoms with Crippen molar-refractivity contribution in [2.75, 3.05) is 11.1 Å². The molecule has 3 rings (SSSR count). The fourth-order valence-electron chi connectivity index (χ4n) is 2.05. The van der Waals surface area contributed by atoms with Gasteiger partial charge in [0.25, 0.3) is 0 Å². The second-order valence-corrected chi connectivity index (χ2v) is 4.51. The molecule has 1 aromatic heterocycles. The standard InChI is InChI=1S/C14H14N4O/c1-9-3-2-4-10(7-9)8-16-12-6-5-11(15)13-14(12)18-19-17-13/h2-7,16H,8,15H2,1H3. The van der Waals surface area contributed by atoms with Crippen LogP contribution in [0.1, 0.15) is 11.1 Å². The highest BCUT2D eigenvalue weighted by Gasteiger charge is 2.09. The van der Waals surface area contributed by atoms with E-state index in [1.807, 2.05) is 12.1 Å². The van der Waals surface area contributed by atoms with E-state index in [-0.39, 0.29) is 0 Å². The van der Waals surface area contributed by atoms with Crippen LogP contribution in [0, 0.1) is 6.92 Å². The number of nitrogens with two attached hydrogens (primary N) is 1.